The molecule has 2 atom stereocenters. The molecule has 1 aromatic rings. The Morgan fingerprint density at radius 2 is 2.38 bits per heavy atom. The van der Waals surface area contributed by atoms with Gasteiger partial charge in [0.05, 0.1) is 18.1 Å². The topological polar surface area (TPSA) is 65.7 Å². The molecule has 24 heavy (non-hydrogen) atoms. The standard InChI is InChI=1S/C17H16FN3O3/c18-13-6-12(21-10-24-16(9-22)17(21)23)3-4-15(13)20-7-11-2-1-5-19-14(11)8-20/h1-6,10,15-16,22H,7-9H2/t15?,16-/m1/s1. The first-order valence-electron chi connectivity index (χ1n) is 7.69. The second kappa shape index (κ2) is 5.85. The van der Waals surface area contributed by atoms with Crippen LogP contribution in [-0.2, 0) is 22.6 Å². The summed E-state index contributed by atoms with van der Waals surface area (Å²) < 4.78 is 20.9. The molecule has 3 aliphatic rings. The highest BCUT2D eigenvalue weighted by Gasteiger charge is 2.37. The third kappa shape index (κ3) is 2.42. The lowest BCUT2D eigenvalue weighted by atomic mass is 10.0. The lowest BCUT2D eigenvalue weighted by molar-refractivity contribution is -0.413. The molecular weight excluding hydrogens is 313 g/mol. The van der Waals surface area contributed by atoms with Gasteiger partial charge in [-0.2, -0.15) is 4.58 Å². The van der Waals surface area contributed by atoms with Crippen LogP contribution in [0.5, 0.6) is 0 Å². The van der Waals surface area contributed by atoms with E-state index in [0.717, 1.165) is 11.3 Å². The van der Waals surface area contributed by atoms with Crippen LogP contribution in [0.2, 0.25) is 0 Å². The number of carbonyl (C=O) groups is 1. The van der Waals surface area contributed by atoms with E-state index >= 15 is 0 Å². The van der Waals surface area contributed by atoms with Gasteiger partial charge >= 0.3 is 5.91 Å². The van der Waals surface area contributed by atoms with E-state index in [1.807, 2.05) is 17.0 Å². The van der Waals surface area contributed by atoms with Crippen LogP contribution >= 0.6 is 0 Å². The van der Waals surface area contributed by atoms with E-state index in [-0.39, 0.29) is 5.83 Å². The predicted octanol–water partition coefficient (Wildman–Crippen LogP) is 0.679. The fourth-order valence-corrected chi connectivity index (χ4v) is 3.13. The summed E-state index contributed by atoms with van der Waals surface area (Å²) in [5.41, 5.74) is 2.08. The van der Waals surface area contributed by atoms with Gasteiger partial charge in [-0.25, -0.2) is 0 Å². The number of hydrogen-bond acceptors (Lipinski definition) is 5. The molecule has 3 heterocycles. The number of hydrogen-bond donors (Lipinski definition) is 1. The Bertz CT molecular complexity index is 749. The maximum Gasteiger partial charge on any atom is 0.372 e. The Labute approximate surface area is 138 Å². The number of carbonyl (C=O) groups excluding carboxylic acids is 1. The normalized spacial score (nSPS) is 26.2. The van der Waals surface area contributed by atoms with Crippen molar-refractivity contribution in [2.24, 2.45) is 0 Å². The number of ether oxygens (including phenoxy) is 1. The van der Waals surface area contributed by atoms with Crippen LogP contribution in [0.25, 0.3) is 0 Å². The third-order valence-electron chi connectivity index (χ3n) is 4.41. The Hall–Kier alpha value is -2.51. The first-order chi connectivity index (χ1) is 11.7. The van der Waals surface area contributed by atoms with Crippen molar-refractivity contribution >= 4 is 12.3 Å². The number of aliphatic hydroxyl groups excluding tert-OH is 1. The highest BCUT2D eigenvalue weighted by Crippen LogP contribution is 2.30. The Morgan fingerprint density at radius 1 is 1.50 bits per heavy atom. The highest BCUT2D eigenvalue weighted by atomic mass is 19.1. The largest absolute Gasteiger partial charge is 0.471 e. The van der Waals surface area contributed by atoms with Gasteiger partial charge in [0, 0.05) is 25.3 Å². The molecule has 2 aliphatic heterocycles. The SMILES string of the molecule is O=C1[C@@H](CO)OC=[N+]1[C-]1C=CC(N2Cc3cccnc3C2)C(F)=C1. The number of fused-ring (bicyclic) bond motifs is 1. The average molecular weight is 329 g/mol. The fraction of sp³-hybridized carbons (Fsp3) is 0.294. The molecule has 1 aromatic heterocycles. The van der Waals surface area contributed by atoms with E-state index < -0.39 is 24.7 Å². The molecule has 6 nitrogen and oxygen atoms in total. The quantitative estimate of drug-likeness (QED) is 0.653. The number of pyridine rings is 1. The Kier molecular flexibility index (Phi) is 3.66. The molecule has 0 saturated heterocycles. The molecule has 0 aromatic carbocycles. The second-order valence-electron chi connectivity index (χ2n) is 5.89. The monoisotopic (exact) mass is 329 g/mol. The van der Waals surface area contributed by atoms with E-state index in [9.17, 15) is 9.18 Å². The minimum atomic E-state index is -0.917. The van der Waals surface area contributed by atoms with E-state index in [4.69, 9.17) is 9.84 Å². The number of nitrogens with zero attached hydrogens (tertiary/aromatic N) is 3. The molecule has 0 fully saturated rings. The summed E-state index contributed by atoms with van der Waals surface area (Å²) in [6.45, 7) is 0.822. The lowest BCUT2D eigenvalue weighted by Gasteiger charge is -2.29. The van der Waals surface area contributed by atoms with E-state index in [1.165, 1.54) is 17.1 Å². The van der Waals surface area contributed by atoms with Crippen molar-refractivity contribution in [1.29, 1.82) is 0 Å². The Morgan fingerprint density at radius 3 is 3.08 bits per heavy atom. The zero-order chi connectivity index (χ0) is 16.7. The first-order valence-corrected chi connectivity index (χ1v) is 7.69. The lowest BCUT2D eigenvalue weighted by Crippen LogP contribution is -2.34. The van der Waals surface area contributed by atoms with Crippen molar-refractivity contribution in [1.82, 2.24) is 9.88 Å². The second-order valence-corrected chi connectivity index (χ2v) is 5.89. The molecular formula is C17H16FN3O3. The van der Waals surface area contributed by atoms with Gasteiger partial charge < -0.3 is 9.84 Å². The maximum absolute atomic E-state index is 14.6. The molecule has 0 radical (unpaired) electrons. The van der Waals surface area contributed by atoms with Gasteiger partial charge in [-0.05, 0) is 17.7 Å². The third-order valence-corrected chi connectivity index (χ3v) is 4.41. The summed E-state index contributed by atoms with van der Waals surface area (Å²) in [7, 11) is 0. The molecule has 0 bridgehead atoms. The predicted molar refractivity (Wildman–Crippen MR) is 82.1 cm³/mol. The summed E-state index contributed by atoms with van der Waals surface area (Å²) in [6, 6.07) is 3.79. The van der Waals surface area contributed by atoms with E-state index in [1.54, 1.807) is 18.3 Å². The number of amides is 1. The number of halogens is 1. The van der Waals surface area contributed by atoms with Crippen LogP contribution in [0.15, 0.2) is 42.4 Å². The summed E-state index contributed by atoms with van der Waals surface area (Å²) in [4.78, 5) is 18.3. The van der Waals surface area contributed by atoms with Gasteiger partial charge in [-0.1, -0.05) is 12.1 Å². The summed E-state index contributed by atoms with van der Waals surface area (Å²) in [5.74, 6) is -0.744. The smallest absolute Gasteiger partial charge is 0.372 e. The van der Waals surface area contributed by atoms with Crippen molar-refractivity contribution < 1.29 is 23.6 Å². The van der Waals surface area contributed by atoms with Crippen molar-refractivity contribution in [3.63, 3.8) is 0 Å². The molecule has 1 aliphatic carbocycles. The molecule has 0 saturated carbocycles. The molecule has 1 unspecified atom stereocenters. The zero-order valence-corrected chi connectivity index (χ0v) is 12.8. The minimum absolute atomic E-state index is 0.339. The average Bonchev–Trinajstić information content (AvgIpc) is 3.17. The molecule has 124 valence electrons. The minimum Gasteiger partial charge on any atom is -0.471 e. The molecule has 1 amide bonds. The summed E-state index contributed by atoms with van der Waals surface area (Å²) in [5, 5.41) is 9.05. The van der Waals surface area contributed by atoms with Crippen molar-refractivity contribution in [2.45, 2.75) is 25.2 Å². The van der Waals surface area contributed by atoms with Crippen LogP contribution in [0.3, 0.4) is 0 Å². The summed E-state index contributed by atoms with van der Waals surface area (Å²) in [6.07, 6.45) is 6.79. The van der Waals surface area contributed by atoms with Crippen LogP contribution in [0, 0.1) is 6.04 Å². The van der Waals surface area contributed by atoms with Crippen LogP contribution < -0.4 is 0 Å². The highest BCUT2D eigenvalue weighted by molar-refractivity contribution is 5.81. The Balaban J connectivity index is 1.49. The van der Waals surface area contributed by atoms with Gasteiger partial charge in [0.2, 0.25) is 6.10 Å². The van der Waals surface area contributed by atoms with E-state index in [0.29, 0.717) is 19.1 Å². The van der Waals surface area contributed by atoms with Crippen LogP contribution in [0.1, 0.15) is 11.3 Å². The van der Waals surface area contributed by atoms with Crippen molar-refractivity contribution in [3.8, 4) is 0 Å². The first kappa shape index (κ1) is 15.0. The molecule has 4 rings (SSSR count). The van der Waals surface area contributed by atoms with Gasteiger partial charge in [-0.3, -0.25) is 19.1 Å². The van der Waals surface area contributed by atoms with Gasteiger partial charge in [-0.15, -0.1) is 6.08 Å². The number of rotatable bonds is 3. The fourth-order valence-electron chi connectivity index (χ4n) is 3.13. The number of aromatic nitrogens is 1. The van der Waals surface area contributed by atoms with Crippen LogP contribution in [0.4, 0.5) is 4.39 Å². The van der Waals surface area contributed by atoms with Gasteiger partial charge in [0.15, 0.2) is 0 Å². The van der Waals surface area contributed by atoms with Crippen LogP contribution in [-0.4, -0.2) is 50.6 Å². The van der Waals surface area contributed by atoms with Crippen molar-refractivity contribution in [2.75, 3.05) is 6.61 Å². The molecule has 0 spiro atoms. The number of aliphatic hydroxyl groups is 1. The summed E-state index contributed by atoms with van der Waals surface area (Å²) >= 11 is 0. The van der Waals surface area contributed by atoms with E-state index in [2.05, 4.69) is 4.98 Å². The van der Waals surface area contributed by atoms with Crippen molar-refractivity contribution in [3.05, 3.63) is 59.7 Å². The van der Waals surface area contributed by atoms with Gasteiger partial charge in [0.1, 0.15) is 6.04 Å². The zero-order valence-electron chi connectivity index (χ0n) is 12.8. The van der Waals surface area contributed by atoms with Gasteiger partial charge in [0.25, 0.3) is 6.40 Å². The molecule has 7 heteroatoms. The maximum atomic E-state index is 14.6. The molecule has 1 N–H and O–H groups in total.